The Kier molecular flexibility index (Phi) is 10.7. The van der Waals surface area contributed by atoms with Crippen molar-refractivity contribution < 1.29 is 23.8 Å². The van der Waals surface area contributed by atoms with Crippen LogP contribution in [0.25, 0.3) is 11.1 Å². The summed E-state index contributed by atoms with van der Waals surface area (Å²) in [5.74, 6) is 0.0210. The van der Waals surface area contributed by atoms with Crippen LogP contribution in [0, 0.1) is 11.7 Å². The summed E-state index contributed by atoms with van der Waals surface area (Å²) in [5, 5.41) is 15.4. The second-order valence-electron chi connectivity index (χ2n) is 12.1. The van der Waals surface area contributed by atoms with E-state index in [2.05, 4.69) is 65.9 Å². The van der Waals surface area contributed by atoms with Gasteiger partial charge in [-0.3, -0.25) is 9.69 Å². The van der Waals surface area contributed by atoms with Crippen molar-refractivity contribution in [1.29, 1.82) is 0 Å². The largest absolute Gasteiger partial charge is 0.488 e. The van der Waals surface area contributed by atoms with E-state index in [-0.39, 0.29) is 37.0 Å². The van der Waals surface area contributed by atoms with Crippen molar-refractivity contribution in [2.24, 2.45) is 5.92 Å². The average Bonchev–Trinajstić information content (AvgIpc) is 3.09. The van der Waals surface area contributed by atoms with Crippen LogP contribution in [-0.2, 0) is 17.8 Å². The minimum atomic E-state index is -0.498. The predicted octanol–water partition coefficient (Wildman–Crippen LogP) is 6.42. The number of amides is 3. The molecule has 8 nitrogen and oxygen atoms in total. The molecule has 0 bridgehead atoms. The van der Waals surface area contributed by atoms with Crippen molar-refractivity contribution >= 4 is 23.3 Å². The number of urea groups is 1. The minimum absolute atomic E-state index is 0.0360. The third-order valence-corrected chi connectivity index (χ3v) is 8.28. The molecule has 0 aromatic heterocycles. The van der Waals surface area contributed by atoms with E-state index >= 15 is 0 Å². The summed E-state index contributed by atoms with van der Waals surface area (Å²) in [7, 11) is 2.06. The number of nitrogens with zero attached hydrogens (tertiary/aromatic N) is 2. The van der Waals surface area contributed by atoms with Crippen LogP contribution >= 0.6 is 0 Å². The van der Waals surface area contributed by atoms with E-state index in [1.807, 2.05) is 25.1 Å². The molecule has 1 heterocycles. The van der Waals surface area contributed by atoms with Gasteiger partial charge in [-0.2, -0.15) is 0 Å². The molecule has 9 heteroatoms. The highest BCUT2D eigenvalue weighted by Gasteiger charge is 2.31. The molecule has 0 spiro atoms. The third kappa shape index (κ3) is 8.50. The molecule has 1 aliphatic heterocycles. The fourth-order valence-electron chi connectivity index (χ4n) is 5.67. The molecule has 5 rings (SSSR count). The summed E-state index contributed by atoms with van der Waals surface area (Å²) in [6, 6.07) is 28.7. The number of likely N-dealkylation sites (N-methyl/N-ethyl adjacent to an activating group) is 1. The first kappa shape index (κ1) is 32.7. The molecular weight excluding hydrogens is 583 g/mol. The van der Waals surface area contributed by atoms with Crippen molar-refractivity contribution in [3.63, 3.8) is 0 Å². The summed E-state index contributed by atoms with van der Waals surface area (Å²) in [6.45, 7) is 5.51. The summed E-state index contributed by atoms with van der Waals surface area (Å²) >= 11 is 0. The lowest BCUT2D eigenvalue weighted by atomic mass is 10.0. The molecule has 3 N–H and O–H groups in total. The maximum atomic E-state index is 13.5. The number of halogens is 1. The zero-order chi connectivity index (χ0) is 32.6. The highest BCUT2D eigenvalue weighted by atomic mass is 19.1. The Balaban J connectivity index is 1.32. The minimum Gasteiger partial charge on any atom is -0.488 e. The third-order valence-electron chi connectivity index (χ3n) is 8.28. The molecule has 3 amide bonds. The van der Waals surface area contributed by atoms with Gasteiger partial charge in [0.05, 0.1) is 19.1 Å². The van der Waals surface area contributed by atoms with Crippen molar-refractivity contribution in [3.8, 4) is 16.9 Å². The molecule has 0 radical (unpaired) electrons. The maximum Gasteiger partial charge on any atom is 0.323 e. The van der Waals surface area contributed by atoms with E-state index in [1.54, 1.807) is 23.1 Å². The number of hydrogen-bond acceptors (Lipinski definition) is 5. The number of aliphatic hydroxyl groups is 1. The first-order valence-corrected chi connectivity index (χ1v) is 15.5. The van der Waals surface area contributed by atoms with Crippen LogP contribution in [0.3, 0.4) is 0 Å². The number of benzene rings is 4. The van der Waals surface area contributed by atoms with Crippen LogP contribution in [0.1, 0.15) is 25.0 Å². The van der Waals surface area contributed by atoms with Gasteiger partial charge in [0, 0.05) is 42.5 Å². The van der Waals surface area contributed by atoms with Crippen molar-refractivity contribution in [3.05, 3.63) is 114 Å². The number of anilines is 2. The molecule has 0 saturated carbocycles. The van der Waals surface area contributed by atoms with E-state index in [0.717, 1.165) is 6.54 Å². The van der Waals surface area contributed by atoms with E-state index < -0.39 is 11.8 Å². The number of hydrogen-bond donors (Lipinski definition) is 3. The number of ether oxygens (including phenoxy) is 1. The van der Waals surface area contributed by atoms with Gasteiger partial charge in [0.2, 0.25) is 5.91 Å². The summed E-state index contributed by atoms with van der Waals surface area (Å²) in [6.07, 6.45) is -0.204. The normalized spacial score (nSPS) is 17.3. The predicted molar refractivity (Wildman–Crippen MR) is 179 cm³/mol. The van der Waals surface area contributed by atoms with Gasteiger partial charge in [-0.1, -0.05) is 61.5 Å². The quantitative estimate of drug-likeness (QED) is 0.200. The molecule has 4 aromatic carbocycles. The molecule has 0 fully saturated rings. The average molecular weight is 625 g/mol. The van der Waals surface area contributed by atoms with Crippen LogP contribution in [0.5, 0.6) is 5.75 Å². The molecule has 0 saturated heterocycles. The van der Waals surface area contributed by atoms with Crippen molar-refractivity contribution in [1.82, 2.24) is 9.80 Å². The van der Waals surface area contributed by atoms with Crippen molar-refractivity contribution in [2.75, 3.05) is 37.4 Å². The van der Waals surface area contributed by atoms with Crippen LogP contribution < -0.4 is 15.4 Å². The number of aliphatic hydroxyl groups excluding tert-OH is 1. The summed E-state index contributed by atoms with van der Waals surface area (Å²) in [4.78, 5) is 30.1. The maximum absolute atomic E-state index is 13.5. The van der Waals surface area contributed by atoms with E-state index in [4.69, 9.17) is 4.74 Å². The Morgan fingerprint density at radius 3 is 2.33 bits per heavy atom. The van der Waals surface area contributed by atoms with Gasteiger partial charge in [0.25, 0.3) is 0 Å². The monoisotopic (exact) mass is 624 g/mol. The highest BCUT2D eigenvalue weighted by Crippen LogP contribution is 2.30. The lowest BCUT2D eigenvalue weighted by molar-refractivity contribution is -0.134. The van der Waals surface area contributed by atoms with Gasteiger partial charge < -0.3 is 25.4 Å². The lowest BCUT2D eigenvalue weighted by Crippen LogP contribution is -2.47. The van der Waals surface area contributed by atoms with Crippen molar-refractivity contribution in [2.45, 2.75) is 39.0 Å². The Bertz CT molecular complexity index is 1620. The number of carbonyl (C=O) groups excluding carboxylic acids is 2. The SMILES string of the molecule is C[C@H](CO)N1C[C@H](C)[C@H](CN(C)Cc2ccc(-c3ccccc3)cc2)Oc2ccc(NC(=O)Nc3ccc(F)cc3)cc2CC1=O. The van der Waals surface area contributed by atoms with E-state index in [1.165, 1.54) is 41.0 Å². The Morgan fingerprint density at radius 2 is 1.63 bits per heavy atom. The zero-order valence-corrected chi connectivity index (χ0v) is 26.4. The van der Waals surface area contributed by atoms with Crippen LogP contribution in [-0.4, -0.2) is 65.7 Å². The van der Waals surface area contributed by atoms with Gasteiger partial charge in [0.15, 0.2) is 0 Å². The second-order valence-corrected chi connectivity index (χ2v) is 12.1. The Labute approximate surface area is 269 Å². The summed E-state index contributed by atoms with van der Waals surface area (Å²) in [5.41, 5.74) is 5.09. The van der Waals surface area contributed by atoms with Gasteiger partial charge in [-0.15, -0.1) is 0 Å². The zero-order valence-electron chi connectivity index (χ0n) is 26.4. The van der Waals surface area contributed by atoms with Crippen LogP contribution in [0.2, 0.25) is 0 Å². The van der Waals surface area contributed by atoms with E-state index in [9.17, 15) is 19.1 Å². The summed E-state index contributed by atoms with van der Waals surface area (Å²) < 4.78 is 19.9. The fourth-order valence-corrected chi connectivity index (χ4v) is 5.67. The lowest BCUT2D eigenvalue weighted by Gasteiger charge is -2.34. The molecule has 240 valence electrons. The Morgan fingerprint density at radius 1 is 0.978 bits per heavy atom. The fraction of sp³-hybridized carbons (Fsp3) is 0.297. The Hall–Kier alpha value is -4.73. The molecular formula is C37H41FN4O4. The van der Waals surface area contributed by atoms with Crippen LogP contribution in [0.15, 0.2) is 97.1 Å². The number of nitrogens with one attached hydrogen (secondary N) is 2. The number of carbonyl (C=O) groups is 2. The molecule has 3 atom stereocenters. The smallest absolute Gasteiger partial charge is 0.323 e. The van der Waals surface area contributed by atoms with Gasteiger partial charge in [-0.25, -0.2) is 9.18 Å². The van der Waals surface area contributed by atoms with Gasteiger partial charge in [0.1, 0.15) is 17.7 Å². The topological polar surface area (TPSA) is 94.1 Å². The molecule has 1 aliphatic rings. The number of fused-ring (bicyclic) bond motifs is 1. The standard InChI is InChI=1S/C37H41FN4O4/c1-25-21-42(26(2)24-43)36(44)20-30-19-33(40-37(45)39-32-15-13-31(38)14-16-32)17-18-34(30)46-35(25)23-41(3)22-27-9-11-29(12-10-27)28-7-5-4-6-8-28/h4-19,25-26,35,43H,20-24H2,1-3H3,(H2,39,40,45)/t25-,26+,35-/m0/s1. The molecule has 0 aliphatic carbocycles. The molecule has 0 unspecified atom stereocenters. The highest BCUT2D eigenvalue weighted by molar-refractivity contribution is 6.00. The van der Waals surface area contributed by atoms with Crippen LogP contribution in [0.4, 0.5) is 20.6 Å². The van der Waals surface area contributed by atoms with Gasteiger partial charge in [-0.05, 0) is 73.1 Å². The molecule has 46 heavy (non-hydrogen) atoms. The van der Waals surface area contributed by atoms with Gasteiger partial charge >= 0.3 is 6.03 Å². The first-order valence-electron chi connectivity index (χ1n) is 15.5. The second kappa shape index (κ2) is 15.0. The number of rotatable bonds is 9. The van der Waals surface area contributed by atoms with E-state index in [0.29, 0.717) is 35.8 Å². The molecule has 4 aromatic rings. The first-order chi connectivity index (χ1) is 22.2.